The number of anilines is 2. The van der Waals surface area contributed by atoms with Crippen LogP contribution in [0.5, 0.6) is 5.75 Å². The van der Waals surface area contributed by atoms with Crippen LogP contribution in [-0.2, 0) is 0 Å². The minimum absolute atomic E-state index is 0.300. The largest absolute Gasteiger partial charge is 0.494 e. The molecule has 0 aliphatic carbocycles. The maximum atomic E-state index is 12.1. The first-order valence-corrected chi connectivity index (χ1v) is 6.57. The SMILES string of the molecule is CCOc1ccc(NC(=O)c2cc(N)ccc2Cl)cc1. The van der Waals surface area contributed by atoms with Crippen LogP contribution in [0.3, 0.4) is 0 Å². The Bertz CT molecular complexity index is 612. The van der Waals surface area contributed by atoms with Crippen molar-refractivity contribution in [1.29, 1.82) is 0 Å². The van der Waals surface area contributed by atoms with Gasteiger partial charge in [-0.3, -0.25) is 4.79 Å². The molecule has 2 aromatic rings. The Morgan fingerprint density at radius 3 is 2.60 bits per heavy atom. The average molecular weight is 291 g/mol. The standard InChI is InChI=1S/C15H15ClN2O2/c1-2-20-12-6-4-11(5-7-12)18-15(19)13-9-10(17)3-8-14(13)16/h3-9H,2,17H2,1H3,(H,18,19). The summed E-state index contributed by atoms with van der Waals surface area (Å²) >= 11 is 5.99. The number of nitrogens with one attached hydrogen (secondary N) is 1. The molecule has 1 amide bonds. The highest BCUT2D eigenvalue weighted by Gasteiger charge is 2.11. The Morgan fingerprint density at radius 2 is 1.95 bits per heavy atom. The lowest BCUT2D eigenvalue weighted by Crippen LogP contribution is -2.12. The fourth-order valence-electron chi connectivity index (χ4n) is 1.72. The molecule has 0 fully saturated rings. The van der Waals surface area contributed by atoms with Gasteiger partial charge in [0.2, 0.25) is 0 Å². The van der Waals surface area contributed by atoms with Gasteiger partial charge in [0.1, 0.15) is 5.75 Å². The number of ether oxygens (including phenoxy) is 1. The topological polar surface area (TPSA) is 64.3 Å². The van der Waals surface area contributed by atoms with Gasteiger partial charge in [-0.1, -0.05) is 11.6 Å². The van der Waals surface area contributed by atoms with Crippen molar-refractivity contribution in [3.8, 4) is 5.75 Å². The summed E-state index contributed by atoms with van der Waals surface area (Å²) in [5, 5.41) is 3.12. The summed E-state index contributed by atoms with van der Waals surface area (Å²) in [6, 6.07) is 11.9. The van der Waals surface area contributed by atoms with Gasteiger partial charge in [0.25, 0.3) is 5.91 Å². The molecule has 2 aromatic carbocycles. The molecule has 2 rings (SSSR count). The van der Waals surface area contributed by atoms with Gasteiger partial charge in [-0.2, -0.15) is 0 Å². The Kier molecular flexibility index (Phi) is 4.48. The van der Waals surface area contributed by atoms with Crippen LogP contribution in [0.4, 0.5) is 11.4 Å². The van der Waals surface area contributed by atoms with Crippen molar-refractivity contribution in [3.05, 3.63) is 53.1 Å². The Hall–Kier alpha value is -2.20. The number of nitrogen functional groups attached to an aromatic ring is 1. The number of nitrogens with two attached hydrogens (primary N) is 1. The Morgan fingerprint density at radius 1 is 1.25 bits per heavy atom. The van der Waals surface area contributed by atoms with Crippen molar-refractivity contribution in [1.82, 2.24) is 0 Å². The van der Waals surface area contributed by atoms with Crippen LogP contribution in [0.2, 0.25) is 5.02 Å². The summed E-state index contributed by atoms with van der Waals surface area (Å²) < 4.78 is 5.33. The van der Waals surface area contributed by atoms with Crippen molar-refractivity contribution < 1.29 is 9.53 Å². The van der Waals surface area contributed by atoms with E-state index in [2.05, 4.69) is 5.32 Å². The third-order valence-corrected chi connectivity index (χ3v) is 2.99. The summed E-state index contributed by atoms with van der Waals surface area (Å²) in [6.07, 6.45) is 0. The molecule has 0 atom stereocenters. The molecule has 0 heterocycles. The molecule has 0 saturated heterocycles. The minimum atomic E-state index is -0.300. The van der Waals surface area contributed by atoms with Gasteiger partial charge in [0, 0.05) is 11.4 Å². The molecule has 20 heavy (non-hydrogen) atoms. The molecule has 0 bridgehead atoms. The highest BCUT2D eigenvalue weighted by atomic mass is 35.5. The van der Waals surface area contributed by atoms with Crippen LogP contribution >= 0.6 is 11.6 Å². The van der Waals surface area contributed by atoms with Gasteiger partial charge in [-0.15, -0.1) is 0 Å². The maximum absolute atomic E-state index is 12.1. The molecule has 3 N–H and O–H groups in total. The first-order chi connectivity index (χ1) is 9.60. The predicted molar refractivity (Wildman–Crippen MR) is 81.4 cm³/mol. The average Bonchev–Trinajstić information content (AvgIpc) is 2.44. The Balaban J connectivity index is 2.13. The highest BCUT2D eigenvalue weighted by Crippen LogP contribution is 2.21. The number of halogens is 1. The molecule has 0 aromatic heterocycles. The van der Waals surface area contributed by atoms with Gasteiger partial charge in [0.15, 0.2) is 0 Å². The van der Waals surface area contributed by atoms with E-state index in [1.54, 1.807) is 42.5 Å². The molecule has 5 heteroatoms. The lowest BCUT2D eigenvalue weighted by molar-refractivity contribution is 0.102. The molecule has 0 radical (unpaired) electrons. The summed E-state index contributed by atoms with van der Waals surface area (Å²) in [4.78, 5) is 12.1. The number of hydrogen-bond acceptors (Lipinski definition) is 3. The second-order valence-electron chi connectivity index (χ2n) is 4.15. The van der Waals surface area contributed by atoms with E-state index in [1.807, 2.05) is 6.92 Å². The van der Waals surface area contributed by atoms with E-state index in [1.165, 1.54) is 0 Å². The molecule has 0 aliphatic heterocycles. The van der Waals surface area contributed by atoms with E-state index < -0.39 is 0 Å². The van der Waals surface area contributed by atoms with E-state index in [4.69, 9.17) is 22.1 Å². The smallest absolute Gasteiger partial charge is 0.257 e. The molecule has 4 nitrogen and oxygen atoms in total. The predicted octanol–water partition coefficient (Wildman–Crippen LogP) is 3.57. The second kappa shape index (κ2) is 6.30. The van der Waals surface area contributed by atoms with E-state index in [-0.39, 0.29) is 5.91 Å². The first kappa shape index (κ1) is 14.2. The van der Waals surface area contributed by atoms with E-state index >= 15 is 0 Å². The van der Waals surface area contributed by atoms with Crippen molar-refractivity contribution in [2.24, 2.45) is 0 Å². The van der Waals surface area contributed by atoms with E-state index in [9.17, 15) is 4.79 Å². The van der Waals surface area contributed by atoms with Crippen molar-refractivity contribution in [3.63, 3.8) is 0 Å². The van der Waals surface area contributed by atoms with Crippen molar-refractivity contribution in [2.75, 3.05) is 17.7 Å². The number of rotatable bonds is 4. The molecule has 104 valence electrons. The lowest BCUT2D eigenvalue weighted by Gasteiger charge is -2.08. The lowest BCUT2D eigenvalue weighted by atomic mass is 10.2. The number of benzene rings is 2. The second-order valence-corrected chi connectivity index (χ2v) is 4.56. The molecular weight excluding hydrogens is 276 g/mol. The summed E-state index contributed by atoms with van der Waals surface area (Å²) in [7, 11) is 0. The fourth-order valence-corrected chi connectivity index (χ4v) is 1.92. The van der Waals surface area contributed by atoms with E-state index in [0.29, 0.717) is 28.6 Å². The summed E-state index contributed by atoms with van der Waals surface area (Å²) in [5.41, 5.74) is 7.16. The van der Waals surface area contributed by atoms with Crippen LogP contribution in [-0.4, -0.2) is 12.5 Å². The van der Waals surface area contributed by atoms with Crippen LogP contribution < -0.4 is 15.8 Å². The van der Waals surface area contributed by atoms with Crippen LogP contribution in [0, 0.1) is 0 Å². The van der Waals surface area contributed by atoms with Gasteiger partial charge < -0.3 is 15.8 Å². The number of hydrogen-bond donors (Lipinski definition) is 2. The first-order valence-electron chi connectivity index (χ1n) is 6.19. The monoisotopic (exact) mass is 290 g/mol. The summed E-state index contributed by atoms with van der Waals surface area (Å²) in [6.45, 7) is 2.52. The molecule has 0 aliphatic rings. The zero-order valence-electron chi connectivity index (χ0n) is 11.0. The molecule has 0 saturated carbocycles. The van der Waals surface area contributed by atoms with Gasteiger partial charge in [-0.05, 0) is 49.4 Å². The van der Waals surface area contributed by atoms with Crippen LogP contribution in [0.1, 0.15) is 17.3 Å². The maximum Gasteiger partial charge on any atom is 0.257 e. The van der Waals surface area contributed by atoms with Crippen LogP contribution in [0.25, 0.3) is 0 Å². The zero-order chi connectivity index (χ0) is 14.5. The fraction of sp³-hybridized carbons (Fsp3) is 0.133. The quantitative estimate of drug-likeness (QED) is 0.846. The van der Waals surface area contributed by atoms with Crippen molar-refractivity contribution >= 4 is 28.9 Å². The van der Waals surface area contributed by atoms with Gasteiger partial charge in [-0.25, -0.2) is 0 Å². The highest BCUT2D eigenvalue weighted by molar-refractivity contribution is 6.34. The van der Waals surface area contributed by atoms with Gasteiger partial charge >= 0.3 is 0 Å². The molecular formula is C15H15ClN2O2. The Labute approximate surface area is 122 Å². The van der Waals surface area contributed by atoms with Crippen LogP contribution in [0.15, 0.2) is 42.5 Å². The third-order valence-electron chi connectivity index (χ3n) is 2.66. The number of carbonyl (C=O) groups excluding carboxylic acids is 1. The number of carbonyl (C=O) groups is 1. The van der Waals surface area contributed by atoms with E-state index in [0.717, 1.165) is 5.75 Å². The minimum Gasteiger partial charge on any atom is -0.494 e. The normalized spacial score (nSPS) is 10.1. The van der Waals surface area contributed by atoms with Gasteiger partial charge in [0.05, 0.1) is 17.2 Å². The molecule has 0 spiro atoms. The molecule has 0 unspecified atom stereocenters. The number of amides is 1. The summed E-state index contributed by atoms with van der Waals surface area (Å²) in [5.74, 6) is 0.457. The van der Waals surface area contributed by atoms with Crippen molar-refractivity contribution in [2.45, 2.75) is 6.92 Å². The third kappa shape index (κ3) is 3.42. The zero-order valence-corrected chi connectivity index (χ0v) is 11.8.